The summed E-state index contributed by atoms with van der Waals surface area (Å²) < 4.78 is 0.869. The summed E-state index contributed by atoms with van der Waals surface area (Å²) in [6.45, 7) is 0. The fourth-order valence-electron chi connectivity index (χ4n) is 2.18. The zero-order valence-corrected chi connectivity index (χ0v) is 15.8. The average Bonchev–Trinajstić information content (AvgIpc) is 2.65. The summed E-state index contributed by atoms with van der Waals surface area (Å²) in [5.41, 5.74) is 4.39. The maximum Gasteiger partial charge on any atom is 0.275 e. The van der Waals surface area contributed by atoms with Crippen molar-refractivity contribution in [2.45, 2.75) is 0 Å². The van der Waals surface area contributed by atoms with E-state index in [9.17, 15) is 4.79 Å². The Balaban J connectivity index is 1.76. The smallest absolute Gasteiger partial charge is 0.275 e. The van der Waals surface area contributed by atoms with Crippen molar-refractivity contribution < 1.29 is 4.79 Å². The lowest BCUT2D eigenvalue weighted by atomic mass is 10.2. The Morgan fingerprint density at radius 3 is 2.65 bits per heavy atom. The average molecular weight is 430 g/mol. The van der Waals surface area contributed by atoms with E-state index in [1.54, 1.807) is 24.4 Å². The molecule has 0 spiro atoms. The van der Waals surface area contributed by atoms with Crippen LogP contribution in [0.4, 0.5) is 11.5 Å². The van der Waals surface area contributed by atoms with Crippen molar-refractivity contribution in [1.82, 2.24) is 10.4 Å². The van der Waals surface area contributed by atoms with E-state index in [0.717, 1.165) is 10.2 Å². The molecular weight excluding hydrogens is 416 g/mol. The summed E-state index contributed by atoms with van der Waals surface area (Å²) in [7, 11) is 0. The van der Waals surface area contributed by atoms with Crippen molar-refractivity contribution in [3.8, 4) is 0 Å². The number of anilines is 2. The third-order valence-corrected chi connectivity index (χ3v) is 4.49. The molecule has 0 aliphatic carbocycles. The van der Waals surface area contributed by atoms with Gasteiger partial charge in [-0.3, -0.25) is 4.79 Å². The first-order chi connectivity index (χ1) is 12.6. The van der Waals surface area contributed by atoms with Crippen LogP contribution >= 0.6 is 27.5 Å². The molecule has 3 aromatic rings. The Morgan fingerprint density at radius 2 is 1.85 bits per heavy atom. The molecule has 1 aromatic heterocycles. The maximum absolute atomic E-state index is 12.5. The number of carbonyl (C=O) groups excluding carboxylic acids is 1. The molecule has 0 aliphatic rings. The van der Waals surface area contributed by atoms with E-state index in [1.807, 2.05) is 42.5 Å². The summed E-state index contributed by atoms with van der Waals surface area (Å²) in [6.07, 6.45) is 3.11. The van der Waals surface area contributed by atoms with Gasteiger partial charge in [0, 0.05) is 21.3 Å². The van der Waals surface area contributed by atoms with Gasteiger partial charge in [-0.05, 0) is 46.3 Å². The molecule has 3 rings (SSSR count). The van der Waals surface area contributed by atoms with Crippen LogP contribution in [-0.4, -0.2) is 17.1 Å². The van der Waals surface area contributed by atoms with Crippen LogP contribution in [-0.2, 0) is 0 Å². The van der Waals surface area contributed by atoms with Crippen LogP contribution in [0.1, 0.15) is 15.9 Å². The molecule has 2 aromatic carbocycles. The Morgan fingerprint density at radius 1 is 1.08 bits per heavy atom. The lowest BCUT2D eigenvalue weighted by Gasteiger charge is -2.11. The van der Waals surface area contributed by atoms with Gasteiger partial charge in [0.05, 0.1) is 17.5 Å². The van der Waals surface area contributed by atoms with E-state index in [0.29, 0.717) is 22.0 Å². The molecule has 26 heavy (non-hydrogen) atoms. The molecule has 0 atom stereocenters. The van der Waals surface area contributed by atoms with Crippen LogP contribution in [0, 0.1) is 0 Å². The number of nitrogens with zero attached hydrogens (tertiary/aromatic N) is 2. The molecule has 0 fully saturated rings. The molecule has 1 heterocycles. The first-order valence-electron chi connectivity index (χ1n) is 7.69. The predicted octanol–water partition coefficient (Wildman–Crippen LogP) is 5.01. The van der Waals surface area contributed by atoms with Crippen LogP contribution in [0.2, 0.25) is 5.02 Å². The number of pyridine rings is 1. The first kappa shape index (κ1) is 18.1. The summed E-state index contributed by atoms with van der Waals surface area (Å²) in [6, 6.07) is 18.2. The van der Waals surface area contributed by atoms with E-state index in [2.05, 4.69) is 36.8 Å². The van der Waals surface area contributed by atoms with E-state index < -0.39 is 0 Å². The number of nitrogens with one attached hydrogen (secondary N) is 2. The molecule has 0 saturated carbocycles. The van der Waals surface area contributed by atoms with E-state index >= 15 is 0 Å². The number of amides is 1. The lowest BCUT2D eigenvalue weighted by molar-refractivity contribution is 0.0955. The minimum absolute atomic E-state index is 0.375. The zero-order chi connectivity index (χ0) is 18.4. The number of hydrogen-bond donors (Lipinski definition) is 2. The fourth-order valence-corrected chi connectivity index (χ4v) is 2.75. The van der Waals surface area contributed by atoms with Crippen LogP contribution in [0.5, 0.6) is 0 Å². The normalized spacial score (nSPS) is 10.7. The number of hydrazone groups is 1. The van der Waals surface area contributed by atoms with Gasteiger partial charge in [-0.2, -0.15) is 5.10 Å². The topological polar surface area (TPSA) is 66.4 Å². The highest BCUT2D eigenvalue weighted by Gasteiger charge is 2.12. The summed E-state index contributed by atoms with van der Waals surface area (Å²) >= 11 is 9.52. The van der Waals surface area contributed by atoms with Crippen molar-refractivity contribution in [1.29, 1.82) is 0 Å². The molecule has 0 radical (unpaired) electrons. The Labute approximate surface area is 164 Å². The Hall–Kier alpha value is -2.70. The van der Waals surface area contributed by atoms with Gasteiger partial charge in [0.2, 0.25) is 0 Å². The van der Waals surface area contributed by atoms with Gasteiger partial charge in [-0.15, -0.1) is 0 Å². The minimum Gasteiger partial charge on any atom is -0.339 e. The second-order valence-corrected chi connectivity index (χ2v) is 6.49. The summed E-state index contributed by atoms with van der Waals surface area (Å²) in [4.78, 5) is 16.7. The van der Waals surface area contributed by atoms with Gasteiger partial charge in [0.25, 0.3) is 5.91 Å². The maximum atomic E-state index is 12.5. The predicted molar refractivity (Wildman–Crippen MR) is 108 cm³/mol. The standard InChI is InChI=1S/C19H14BrClN4O/c20-15-8-2-4-10-17(15)24-18-14(7-5-11-22-18)19(26)25-23-12-13-6-1-3-9-16(13)21/h1-12H,(H,22,24)(H,25,26)/b23-12+. The molecule has 5 nitrogen and oxygen atoms in total. The number of rotatable bonds is 5. The Bertz CT molecular complexity index is 962. The van der Waals surface area contributed by atoms with Gasteiger partial charge in [-0.1, -0.05) is 41.9 Å². The van der Waals surface area contributed by atoms with Crippen LogP contribution in [0.3, 0.4) is 0 Å². The van der Waals surface area contributed by atoms with E-state index in [4.69, 9.17) is 11.6 Å². The molecule has 0 bridgehead atoms. The first-order valence-corrected chi connectivity index (χ1v) is 8.87. The summed E-state index contributed by atoms with van der Waals surface area (Å²) in [5.74, 6) is 0.0563. The van der Waals surface area contributed by atoms with Crippen LogP contribution < -0.4 is 10.7 Å². The van der Waals surface area contributed by atoms with E-state index in [-0.39, 0.29) is 5.91 Å². The quantitative estimate of drug-likeness (QED) is 0.443. The number of benzene rings is 2. The zero-order valence-electron chi connectivity index (χ0n) is 13.5. The third kappa shape index (κ3) is 4.47. The number of halogens is 2. The lowest BCUT2D eigenvalue weighted by Crippen LogP contribution is -2.19. The summed E-state index contributed by atoms with van der Waals surface area (Å²) in [5, 5.41) is 7.68. The number of aromatic nitrogens is 1. The molecular formula is C19H14BrClN4O. The molecule has 0 aliphatic heterocycles. The third-order valence-electron chi connectivity index (χ3n) is 3.45. The number of carbonyl (C=O) groups is 1. The molecule has 2 N–H and O–H groups in total. The highest BCUT2D eigenvalue weighted by Crippen LogP contribution is 2.25. The van der Waals surface area contributed by atoms with Gasteiger partial charge in [0.15, 0.2) is 0 Å². The molecule has 7 heteroatoms. The van der Waals surface area contributed by atoms with Gasteiger partial charge < -0.3 is 5.32 Å². The van der Waals surface area contributed by atoms with Crippen molar-refractivity contribution in [3.05, 3.63) is 87.5 Å². The molecule has 130 valence electrons. The molecule has 1 amide bonds. The van der Waals surface area contributed by atoms with Crippen molar-refractivity contribution in [2.75, 3.05) is 5.32 Å². The van der Waals surface area contributed by atoms with Crippen molar-refractivity contribution >= 4 is 51.2 Å². The SMILES string of the molecule is O=C(N/N=C/c1ccccc1Cl)c1cccnc1Nc1ccccc1Br. The monoisotopic (exact) mass is 428 g/mol. The number of hydrogen-bond acceptors (Lipinski definition) is 4. The van der Waals surface area contributed by atoms with Gasteiger partial charge in [-0.25, -0.2) is 10.4 Å². The second-order valence-electron chi connectivity index (χ2n) is 5.23. The van der Waals surface area contributed by atoms with Crippen molar-refractivity contribution in [3.63, 3.8) is 0 Å². The minimum atomic E-state index is -0.379. The van der Waals surface area contributed by atoms with Crippen molar-refractivity contribution in [2.24, 2.45) is 5.10 Å². The van der Waals surface area contributed by atoms with Crippen LogP contribution in [0.15, 0.2) is 76.4 Å². The highest BCUT2D eigenvalue weighted by atomic mass is 79.9. The molecule has 0 unspecified atom stereocenters. The van der Waals surface area contributed by atoms with Gasteiger partial charge >= 0.3 is 0 Å². The largest absolute Gasteiger partial charge is 0.339 e. The second kappa shape index (κ2) is 8.60. The number of para-hydroxylation sites is 1. The Kier molecular flexibility index (Phi) is 5.99. The highest BCUT2D eigenvalue weighted by molar-refractivity contribution is 9.10. The fraction of sp³-hybridized carbons (Fsp3) is 0. The van der Waals surface area contributed by atoms with Gasteiger partial charge in [0.1, 0.15) is 5.82 Å². The van der Waals surface area contributed by atoms with E-state index in [1.165, 1.54) is 6.21 Å². The molecule has 0 saturated heterocycles. The van der Waals surface area contributed by atoms with Crippen LogP contribution in [0.25, 0.3) is 0 Å².